The fourth-order valence-electron chi connectivity index (χ4n) is 4.41. The molecule has 8 nitrogen and oxygen atoms in total. The lowest BCUT2D eigenvalue weighted by molar-refractivity contribution is 0.414. The van der Waals surface area contributed by atoms with Crippen molar-refractivity contribution in [2.75, 3.05) is 18.6 Å². The highest BCUT2D eigenvalue weighted by molar-refractivity contribution is 5.77. The number of methoxy groups -OCH3 is 1. The van der Waals surface area contributed by atoms with Gasteiger partial charge in [0, 0.05) is 31.9 Å². The van der Waals surface area contributed by atoms with E-state index in [2.05, 4.69) is 11.8 Å². The Labute approximate surface area is 184 Å². The van der Waals surface area contributed by atoms with E-state index in [1.165, 1.54) is 9.13 Å². The highest BCUT2D eigenvalue weighted by Gasteiger charge is 2.30. The molecule has 0 bridgehead atoms. The molecule has 0 N–H and O–H groups in total. The third-order valence-electron chi connectivity index (χ3n) is 5.99. The third-order valence-corrected chi connectivity index (χ3v) is 5.99. The van der Waals surface area contributed by atoms with E-state index in [0.717, 1.165) is 23.5 Å². The first-order valence-electron chi connectivity index (χ1n) is 10.6. The minimum absolute atomic E-state index is 0.220. The highest BCUT2D eigenvalue weighted by Crippen LogP contribution is 2.34. The Morgan fingerprint density at radius 1 is 1.06 bits per heavy atom. The van der Waals surface area contributed by atoms with Gasteiger partial charge in [-0.25, -0.2) is 4.79 Å². The molecule has 4 aromatic rings. The molecular formula is C24H25N5O3. The lowest BCUT2D eigenvalue weighted by Crippen LogP contribution is -2.40. The van der Waals surface area contributed by atoms with E-state index in [9.17, 15) is 9.59 Å². The van der Waals surface area contributed by atoms with Crippen LogP contribution in [0.1, 0.15) is 12.5 Å². The van der Waals surface area contributed by atoms with Crippen molar-refractivity contribution in [3.63, 3.8) is 0 Å². The van der Waals surface area contributed by atoms with Crippen LogP contribution in [0.25, 0.3) is 11.2 Å². The van der Waals surface area contributed by atoms with E-state index < -0.39 is 0 Å². The lowest BCUT2D eigenvalue weighted by Gasteiger charge is -2.33. The first-order valence-corrected chi connectivity index (χ1v) is 10.6. The zero-order valence-electron chi connectivity index (χ0n) is 18.4. The second-order valence-corrected chi connectivity index (χ2v) is 8.33. The van der Waals surface area contributed by atoms with Crippen LogP contribution in [0, 0.1) is 5.92 Å². The number of aromatic nitrogens is 4. The summed E-state index contributed by atoms with van der Waals surface area (Å²) in [4.78, 5) is 33.5. The molecule has 1 aliphatic heterocycles. The van der Waals surface area contributed by atoms with Crippen LogP contribution in [0.5, 0.6) is 5.75 Å². The average Bonchev–Trinajstić information content (AvgIpc) is 3.20. The summed E-state index contributed by atoms with van der Waals surface area (Å²) in [5, 5.41) is 0. The molecule has 0 radical (unpaired) electrons. The molecule has 5 rings (SSSR count). The van der Waals surface area contributed by atoms with Gasteiger partial charge in [0.1, 0.15) is 5.75 Å². The Bertz CT molecular complexity index is 1420. The molecule has 2 aromatic heterocycles. The van der Waals surface area contributed by atoms with Crippen molar-refractivity contribution in [3.8, 4) is 5.75 Å². The smallest absolute Gasteiger partial charge is 0.332 e. The van der Waals surface area contributed by atoms with E-state index >= 15 is 0 Å². The lowest BCUT2D eigenvalue weighted by atomic mass is 10.1. The summed E-state index contributed by atoms with van der Waals surface area (Å²) in [5.74, 6) is 1.70. The molecule has 0 aliphatic carbocycles. The number of fused-ring (bicyclic) bond motifs is 3. The van der Waals surface area contributed by atoms with Gasteiger partial charge in [-0.1, -0.05) is 43.3 Å². The SMILES string of the molecule is COc1cccc(N2CC(C)Cn3c2nc2c3c(=O)n(Cc3ccccc3)c(=O)n2C)c1. The van der Waals surface area contributed by atoms with Crippen molar-refractivity contribution in [1.29, 1.82) is 0 Å². The van der Waals surface area contributed by atoms with Crippen LogP contribution in [-0.4, -0.2) is 32.3 Å². The second kappa shape index (κ2) is 7.71. The van der Waals surface area contributed by atoms with Gasteiger partial charge < -0.3 is 14.2 Å². The summed E-state index contributed by atoms with van der Waals surface area (Å²) in [7, 11) is 3.31. The minimum Gasteiger partial charge on any atom is -0.497 e. The predicted molar refractivity (Wildman–Crippen MR) is 124 cm³/mol. The van der Waals surface area contributed by atoms with Crippen LogP contribution in [-0.2, 0) is 20.1 Å². The van der Waals surface area contributed by atoms with Gasteiger partial charge in [-0.15, -0.1) is 0 Å². The summed E-state index contributed by atoms with van der Waals surface area (Å²) in [6, 6.07) is 17.3. The van der Waals surface area contributed by atoms with Crippen LogP contribution < -0.4 is 20.9 Å². The molecule has 1 atom stereocenters. The largest absolute Gasteiger partial charge is 0.497 e. The Morgan fingerprint density at radius 3 is 2.59 bits per heavy atom. The van der Waals surface area contributed by atoms with E-state index in [-0.39, 0.29) is 23.7 Å². The number of imidazole rings is 1. The normalized spacial score (nSPS) is 15.7. The fraction of sp³-hybridized carbons (Fsp3) is 0.292. The summed E-state index contributed by atoms with van der Waals surface area (Å²) in [6.07, 6.45) is 0. The molecule has 1 aliphatic rings. The molecule has 32 heavy (non-hydrogen) atoms. The van der Waals surface area contributed by atoms with Crippen LogP contribution >= 0.6 is 0 Å². The van der Waals surface area contributed by atoms with E-state index in [1.807, 2.05) is 59.2 Å². The standard InChI is InChI=1S/C24H25N5O3/c1-16-13-27(18-10-7-11-19(12-18)32-3)23-25-21-20(28(23)14-16)22(30)29(24(31)26(21)2)15-17-8-5-4-6-9-17/h4-12,16H,13-15H2,1-3H3. The number of nitrogens with zero attached hydrogens (tertiary/aromatic N) is 5. The van der Waals surface area contributed by atoms with Crippen LogP contribution in [0.3, 0.4) is 0 Å². The van der Waals surface area contributed by atoms with Gasteiger partial charge in [0.2, 0.25) is 5.95 Å². The molecule has 2 aromatic carbocycles. The number of hydrogen-bond donors (Lipinski definition) is 0. The Hall–Kier alpha value is -3.81. The van der Waals surface area contributed by atoms with Gasteiger partial charge >= 0.3 is 5.69 Å². The van der Waals surface area contributed by atoms with Crippen LogP contribution in [0.4, 0.5) is 11.6 Å². The quantitative estimate of drug-likeness (QED) is 0.497. The number of hydrogen-bond acceptors (Lipinski definition) is 5. The number of ether oxygens (including phenoxy) is 1. The van der Waals surface area contributed by atoms with Gasteiger partial charge in [0.25, 0.3) is 5.56 Å². The molecule has 3 heterocycles. The first-order chi connectivity index (χ1) is 15.5. The number of benzene rings is 2. The van der Waals surface area contributed by atoms with Crippen molar-refractivity contribution in [2.45, 2.75) is 20.0 Å². The first kappa shape index (κ1) is 20.1. The topological polar surface area (TPSA) is 74.3 Å². The number of anilines is 2. The molecular weight excluding hydrogens is 406 g/mol. The zero-order chi connectivity index (χ0) is 22.4. The summed E-state index contributed by atoms with van der Waals surface area (Å²) >= 11 is 0. The van der Waals surface area contributed by atoms with Crippen LogP contribution in [0.15, 0.2) is 64.2 Å². The maximum Gasteiger partial charge on any atom is 0.332 e. The summed E-state index contributed by atoms with van der Waals surface area (Å²) in [5.41, 5.74) is 2.00. The number of rotatable bonds is 4. The van der Waals surface area contributed by atoms with Crippen molar-refractivity contribution < 1.29 is 4.74 Å². The van der Waals surface area contributed by atoms with E-state index in [4.69, 9.17) is 9.72 Å². The molecule has 0 amide bonds. The van der Waals surface area contributed by atoms with Crippen molar-refractivity contribution in [1.82, 2.24) is 18.7 Å². The molecule has 0 saturated heterocycles. The highest BCUT2D eigenvalue weighted by atomic mass is 16.5. The molecule has 164 valence electrons. The van der Waals surface area contributed by atoms with Gasteiger partial charge in [0.05, 0.1) is 13.7 Å². The zero-order valence-corrected chi connectivity index (χ0v) is 18.4. The van der Waals surface area contributed by atoms with E-state index in [1.54, 1.807) is 14.2 Å². The van der Waals surface area contributed by atoms with Gasteiger partial charge in [-0.2, -0.15) is 4.98 Å². The van der Waals surface area contributed by atoms with Gasteiger partial charge in [0.15, 0.2) is 11.2 Å². The van der Waals surface area contributed by atoms with Gasteiger partial charge in [-0.05, 0) is 23.6 Å². The maximum absolute atomic E-state index is 13.5. The Morgan fingerprint density at radius 2 is 1.84 bits per heavy atom. The van der Waals surface area contributed by atoms with Crippen LogP contribution in [0.2, 0.25) is 0 Å². The monoisotopic (exact) mass is 431 g/mol. The molecule has 8 heteroatoms. The Balaban J connectivity index is 1.72. The third kappa shape index (κ3) is 3.19. The maximum atomic E-state index is 13.5. The summed E-state index contributed by atoms with van der Waals surface area (Å²) < 4.78 is 10.1. The minimum atomic E-state index is -0.372. The van der Waals surface area contributed by atoms with E-state index in [0.29, 0.717) is 23.7 Å². The Kier molecular flexibility index (Phi) is 4.84. The molecule has 1 unspecified atom stereocenters. The average molecular weight is 431 g/mol. The van der Waals surface area contributed by atoms with Crippen molar-refractivity contribution in [2.24, 2.45) is 13.0 Å². The molecule has 0 spiro atoms. The molecule has 0 saturated carbocycles. The molecule has 0 fully saturated rings. The number of aryl methyl sites for hydroxylation is 1. The summed E-state index contributed by atoms with van der Waals surface area (Å²) in [6.45, 7) is 3.78. The fourth-order valence-corrected chi connectivity index (χ4v) is 4.41. The predicted octanol–water partition coefficient (Wildman–Crippen LogP) is 2.74. The van der Waals surface area contributed by atoms with Crippen molar-refractivity contribution >= 4 is 22.8 Å². The second-order valence-electron chi connectivity index (χ2n) is 8.33. The van der Waals surface area contributed by atoms with Crippen molar-refractivity contribution in [3.05, 3.63) is 81.0 Å². The van der Waals surface area contributed by atoms with Gasteiger partial charge in [-0.3, -0.25) is 13.9 Å².